The number of rotatable bonds is 3. The van der Waals surface area contributed by atoms with Crippen LogP contribution < -0.4 is 5.73 Å². The lowest BCUT2D eigenvalue weighted by Gasteiger charge is -2.06. The lowest BCUT2D eigenvalue weighted by atomic mass is 10.4. The fraction of sp³-hybridized carbons (Fsp3) is 0.500. The molecule has 0 saturated carbocycles. The Kier molecular flexibility index (Phi) is 8.25. The van der Waals surface area contributed by atoms with Gasteiger partial charge in [0.05, 0.1) is 0 Å². The van der Waals surface area contributed by atoms with Crippen molar-refractivity contribution in [2.24, 2.45) is 0 Å². The van der Waals surface area contributed by atoms with Crippen LogP contribution in [0.4, 0.5) is 0 Å². The molecule has 0 heterocycles. The van der Waals surface area contributed by atoms with Gasteiger partial charge in [-0.05, 0) is 6.92 Å². The Hall–Kier alpha value is -0.960. The van der Waals surface area contributed by atoms with Crippen molar-refractivity contribution < 1.29 is 32.8 Å². The first-order chi connectivity index (χ1) is 6.18. The second-order valence-electron chi connectivity index (χ2n) is 2.18. The van der Waals surface area contributed by atoms with Crippen LogP contribution in [0.2, 0.25) is 0 Å². The minimum atomic E-state index is -5.17. The Labute approximate surface area is 82.1 Å². The average Bonchev–Trinajstić information content (AvgIpc) is 1.96. The van der Waals surface area contributed by atoms with Crippen LogP contribution in [0.1, 0.15) is 6.92 Å². The molecule has 0 radical (unpaired) electrons. The molecule has 0 aromatic carbocycles. The predicted molar refractivity (Wildman–Crippen MR) is 44.0 cm³/mol. The normalized spacial score (nSPS) is 9.71. The van der Waals surface area contributed by atoms with Crippen LogP contribution >= 0.6 is 0 Å². The van der Waals surface area contributed by atoms with Crippen LogP contribution in [0.3, 0.4) is 0 Å². The summed E-state index contributed by atoms with van der Waals surface area (Å²) in [5.41, 5.74) is 3.94. The number of carbonyl (C=O) groups excluding carboxylic acids is 1. The van der Waals surface area contributed by atoms with E-state index in [4.69, 9.17) is 17.5 Å². The molecule has 0 atom stereocenters. The standard InChI is InChI=1S/C6H11NO2.H2O4S/c1-5(2)6(8)9-4-3-7;1-5(2,3)4/h1,3-4,7H2,2H3;(H2,1,2,3,4)/p-1. The summed E-state index contributed by atoms with van der Waals surface area (Å²) in [4.78, 5) is 10.6. The second-order valence-corrected chi connectivity index (χ2v) is 2.99. The van der Waals surface area contributed by atoms with E-state index in [-0.39, 0.29) is 5.97 Å². The van der Waals surface area contributed by atoms with Gasteiger partial charge in [-0.25, -0.2) is 4.79 Å². The van der Waals surface area contributed by atoms with Crippen molar-refractivity contribution in [1.29, 1.82) is 0 Å². The smallest absolute Gasteiger partial charge is 0.333 e. The quantitative estimate of drug-likeness (QED) is 0.256. The van der Waals surface area contributed by atoms with Crippen LogP contribution in [0, 0.1) is 0 Å². The molecule has 0 fully saturated rings. The van der Waals surface area contributed by atoms with Crippen LogP contribution in [-0.2, 0) is 19.9 Å². The van der Waals surface area contributed by atoms with Crippen molar-refractivity contribution in [1.82, 2.24) is 0 Å². The maximum absolute atomic E-state index is 10.6. The highest BCUT2D eigenvalue weighted by molar-refractivity contribution is 7.79. The Morgan fingerprint density at radius 1 is 1.50 bits per heavy atom. The Bertz CT molecular complexity index is 275. The van der Waals surface area contributed by atoms with Crippen LogP contribution in [0.25, 0.3) is 0 Å². The SMILES string of the molecule is C=C(C)C(=O)OCC[NH3+].O=S(=O)([O-])[O-]. The predicted octanol–water partition coefficient (Wildman–Crippen LogP) is -1.99. The second kappa shape index (κ2) is 7.44. The number of quaternary nitrogens is 1. The third kappa shape index (κ3) is 22.5. The van der Waals surface area contributed by atoms with Crippen molar-refractivity contribution in [3.05, 3.63) is 12.2 Å². The average molecular weight is 226 g/mol. The third-order valence-electron chi connectivity index (χ3n) is 0.726. The fourth-order valence-corrected chi connectivity index (χ4v) is 0.288. The number of esters is 1. The molecule has 7 nitrogen and oxygen atoms in total. The minimum Gasteiger partial charge on any atom is -0.759 e. The van der Waals surface area contributed by atoms with Gasteiger partial charge in [-0.1, -0.05) is 6.58 Å². The molecule has 0 spiro atoms. The molecular weight excluding hydrogens is 214 g/mol. The number of hydrogen-bond acceptors (Lipinski definition) is 6. The lowest BCUT2D eigenvalue weighted by Crippen LogP contribution is -2.52. The van der Waals surface area contributed by atoms with E-state index in [1.165, 1.54) is 0 Å². The summed E-state index contributed by atoms with van der Waals surface area (Å²) in [5, 5.41) is 0. The van der Waals surface area contributed by atoms with E-state index in [0.29, 0.717) is 18.7 Å². The molecule has 84 valence electrons. The summed E-state index contributed by atoms with van der Waals surface area (Å²) in [6.45, 7) is 6.02. The molecule has 0 aliphatic rings. The van der Waals surface area contributed by atoms with E-state index in [0.717, 1.165) is 0 Å². The van der Waals surface area contributed by atoms with E-state index < -0.39 is 10.4 Å². The molecule has 0 bridgehead atoms. The van der Waals surface area contributed by atoms with Crippen LogP contribution in [0.15, 0.2) is 12.2 Å². The Morgan fingerprint density at radius 3 is 2.07 bits per heavy atom. The van der Waals surface area contributed by atoms with E-state index in [1.807, 2.05) is 0 Å². The summed E-state index contributed by atoms with van der Waals surface area (Å²) >= 11 is 0. The zero-order valence-corrected chi connectivity index (χ0v) is 8.50. The summed E-state index contributed by atoms with van der Waals surface area (Å²) in [7, 11) is -5.17. The first-order valence-electron chi connectivity index (χ1n) is 3.47. The molecule has 8 heteroatoms. The van der Waals surface area contributed by atoms with E-state index in [9.17, 15) is 4.79 Å². The maximum atomic E-state index is 10.6. The van der Waals surface area contributed by atoms with Gasteiger partial charge in [-0.15, -0.1) is 0 Å². The Morgan fingerprint density at radius 2 is 1.86 bits per heavy atom. The molecule has 3 N–H and O–H groups in total. The number of ether oxygens (including phenoxy) is 1. The molecule has 0 aromatic rings. The molecule has 0 aromatic heterocycles. The van der Waals surface area contributed by atoms with Crippen molar-refractivity contribution in [2.45, 2.75) is 6.92 Å². The largest absolute Gasteiger partial charge is 0.759 e. The first-order valence-corrected chi connectivity index (χ1v) is 4.80. The number of hydrogen-bond donors (Lipinski definition) is 1. The summed E-state index contributed by atoms with van der Waals surface area (Å²) in [6, 6.07) is 0. The lowest BCUT2D eigenvalue weighted by molar-refractivity contribution is -0.372. The zero-order valence-electron chi connectivity index (χ0n) is 7.69. The molecular formula is C6H12NO6S-. The van der Waals surface area contributed by atoms with Gasteiger partial charge in [0.2, 0.25) is 0 Å². The zero-order chi connectivity index (χ0) is 11.8. The Balaban J connectivity index is 0. The number of carbonyl (C=O) groups is 1. The van der Waals surface area contributed by atoms with Crippen LogP contribution in [-0.4, -0.2) is 36.6 Å². The van der Waals surface area contributed by atoms with Gasteiger partial charge in [-0.3, -0.25) is 8.42 Å². The summed E-state index contributed by atoms with van der Waals surface area (Å²) in [6.07, 6.45) is 0. The van der Waals surface area contributed by atoms with Gasteiger partial charge >= 0.3 is 5.97 Å². The van der Waals surface area contributed by atoms with Crippen molar-refractivity contribution in [2.75, 3.05) is 13.2 Å². The summed E-state index contributed by atoms with van der Waals surface area (Å²) in [5.74, 6) is -0.335. The molecule has 14 heavy (non-hydrogen) atoms. The highest BCUT2D eigenvalue weighted by atomic mass is 32.3. The summed E-state index contributed by atoms with van der Waals surface area (Å²) < 4.78 is 38.7. The van der Waals surface area contributed by atoms with Crippen molar-refractivity contribution >= 4 is 16.4 Å². The first kappa shape index (κ1) is 15.5. The minimum absolute atomic E-state index is 0.335. The van der Waals surface area contributed by atoms with Gasteiger partial charge in [0, 0.05) is 16.0 Å². The van der Waals surface area contributed by atoms with Gasteiger partial charge < -0.3 is 19.6 Å². The maximum Gasteiger partial charge on any atom is 0.333 e. The van der Waals surface area contributed by atoms with Crippen LogP contribution in [0.5, 0.6) is 0 Å². The highest BCUT2D eigenvalue weighted by Gasteiger charge is 2.00. The van der Waals surface area contributed by atoms with Crippen molar-refractivity contribution in [3.63, 3.8) is 0 Å². The monoisotopic (exact) mass is 226 g/mol. The fourth-order valence-electron chi connectivity index (χ4n) is 0.288. The van der Waals surface area contributed by atoms with E-state index >= 15 is 0 Å². The van der Waals surface area contributed by atoms with Gasteiger partial charge in [-0.2, -0.15) is 0 Å². The van der Waals surface area contributed by atoms with Crippen molar-refractivity contribution in [3.8, 4) is 0 Å². The molecule has 0 saturated heterocycles. The molecule has 0 rings (SSSR count). The molecule has 0 aliphatic heterocycles. The van der Waals surface area contributed by atoms with Gasteiger partial charge in [0.25, 0.3) is 0 Å². The molecule has 0 aliphatic carbocycles. The van der Waals surface area contributed by atoms with E-state index in [1.54, 1.807) is 6.92 Å². The van der Waals surface area contributed by atoms with E-state index in [2.05, 4.69) is 17.0 Å². The van der Waals surface area contributed by atoms with Gasteiger partial charge in [0.15, 0.2) is 0 Å². The van der Waals surface area contributed by atoms with Gasteiger partial charge in [0.1, 0.15) is 13.2 Å². The molecule has 0 unspecified atom stereocenters. The third-order valence-corrected chi connectivity index (χ3v) is 0.726. The topological polar surface area (TPSA) is 134 Å². The highest BCUT2D eigenvalue weighted by Crippen LogP contribution is 1.89. The molecule has 0 amide bonds.